The summed E-state index contributed by atoms with van der Waals surface area (Å²) in [7, 11) is -9.09. The van der Waals surface area contributed by atoms with E-state index in [4.69, 9.17) is 0 Å². The van der Waals surface area contributed by atoms with Crippen LogP contribution in [0.5, 0.6) is 0 Å². The molecule has 0 aliphatic rings. The van der Waals surface area contributed by atoms with E-state index in [1.54, 1.807) is 12.1 Å². The molecule has 0 N–H and O–H groups in total. The topological polar surface area (TPSA) is 166 Å². The summed E-state index contributed by atoms with van der Waals surface area (Å²) < 4.78 is 66.6. The zero-order valence-corrected chi connectivity index (χ0v) is 23.6. The van der Waals surface area contributed by atoms with Gasteiger partial charge >= 0.3 is 59.1 Å². The average molecular weight is 514 g/mol. The van der Waals surface area contributed by atoms with E-state index >= 15 is 0 Å². The van der Waals surface area contributed by atoms with Gasteiger partial charge in [-0.1, -0.05) is 24.3 Å². The van der Waals surface area contributed by atoms with Crippen LogP contribution in [-0.2, 0) is 20.2 Å². The van der Waals surface area contributed by atoms with Gasteiger partial charge in [-0.25, -0.2) is 21.8 Å². The molecule has 10 nitrogen and oxygen atoms in total. The molecule has 4 aromatic rings. The molecule has 0 bridgehead atoms. The molecular weight excluding hydrogens is 502 g/mol. The number of nitrogens with zero attached hydrogens (tertiary/aromatic N) is 4. The Morgan fingerprint density at radius 1 is 0.647 bits per heavy atom. The number of aromatic nitrogens is 4. The van der Waals surface area contributed by atoms with Crippen molar-refractivity contribution in [2.24, 2.45) is 0 Å². The maximum absolute atomic E-state index is 11.1. The summed E-state index contributed by atoms with van der Waals surface area (Å²) in [6.45, 7) is 0. The van der Waals surface area contributed by atoms with Crippen molar-refractivity contribution in [2.45, 2.75) is 9.79 Å². The third-order valence-electron chi connectivity index (χ3n) is 4.46. The fourth-order valence-electron chi connectivity index (χ4n) is 2.89. The second-order valence-corrected chi connectivity index (χ2v) is 9.31. The molecule has 0 unspecified atom stereocenters. The second kappa shape index (κ2) is 11.4. The van der Waals surface area contributed by atoms with Crippen molar-refractivity contribution < 1.29 is 85.1 Å². The van der Waals surface area contributed by atoms with Crippen LogP contribution in [0.15, 0.2) is 82.8 Å². The summed E-state index contributed by atoms with van der Waals surface area (Å²) in [6, 6.07) is 14.1. The van der Waals surface area contributed by atoms with Crippen molar-refractivity contribution >= 4 is 20.2 Å². The molecule has 0 atom stereocenters. The van der Waals surface area contributed by atoms with E-state index in [0.29, 0.717) is 28.1 Å². The van der Waals surface area contributed by atoms with Gasteiger partial charge in [0.25, 0.3) is 0 Å². The minimum absolute atomic E-state index is 0. The zero-order valence-electron chi connectivity index (χ0n) is 18.0. The molecule has 0 spiro atoms. The van der Waals surface area contributed by atoms with Crippen LogP contribution >= 0.6 is 0 Å². The minimum Gasteiger partial charge on any atom is -0.744 e. The maximum Gasteiger partial charge on any atom is 1.00 e. The van der Waals surface area contributed by atoms with E-state index in [0.717, 1.165) is 0 Å². The van der Waals surface area contributed by atoms with Gasteiger partial charge in [0, 0.05) is 11.8 Å². The van der Waals surface area contributed by atoms with Crippen LogP contribution in [0.3, 0.4) is 0 Å². The first-order valence-corrected chi connectivity index (χ1v) is 11.7. The molecule has 0 radical (unpaired) electrons. The summed E-state index contributed by atoms with van der Waals surface area (Å²) >= 11 is 0. The molecule has 2 aromatic carbocycles. The molecule has 0 aliphatic carbocycles. The van der Waals surface area contributed by atoms with Crippen LogP contribution < -0.4 is 59.1 Å². The second-order valence-electron chi connectivity index (χ2n) is 6.55. The summed E-state index contributed by atoms with van der Waals surface area (Å²) in [5.41, 5.74) is 2.64. The van der Waals surface area contributed by atoms with Crippen molar-refractivity contribution in [3.8, 4) is 33.9 Å². The van der Waals surface area contributed by atoms with E-state index in [2.05, 4.69) is 20.2 Å². The Hall–Kier alpha value is -1.58. The van der Waals surface area contributed by atoms with Crippen molar-refractivity contribution in [2.75, 3.05) is 0 Å². The van der Waals surface area contributed by atoms with Crippen molar-refractivity contribution in [3.63, 3.8) is 0 Å². The van der Waals surface area contributed by atoms with E-state index in [-0.39, 0.29) is 74.7 Å². The van der Waals surface area contributed by atoms with Crippen LogP contribution in [-0.4, -0.2) is 46.1 Å². The minimum atomic E-state index is -4.55. The third-order valence-corrected chi connectivity index (χ3v) is 6.16. The quantitative estimate of drug-likeness (QED) is 0.190. The number of rotatable bonds is 5. The first-order chi connectivity index (χ1) is 15.1. The van der Waals surface area contributed by atoms with Gasteiger partial charge in [-0.2, -0.15) is 5.10 Å². The first kappa shape index (κ1) is 28.7. The van der Waals surface area contributed by atoms with Gasteiger partial charge in [0.1, 0.15) is 25.9 Å². The average Bonchev–Trinajstić information content (AvgIpc) is 2.78. The van der Waals surface area contributed by atoms with Crippen molar-refractivity contribution in [1.82, 2.24) is 20.2 Å². The van der Waals surface area contributed by atoms with E-state index in [1.165, 1.54) is 60.9 Å². The Balaban J connectivity index is 0.00000204. The van der Waals surface area contributed by atoms with Crippen LogP contribution in [0.2, 0.25) is 0 Å². The predicted molar refractivity (Wildman–Crippen MR) is 110 cm³/mol. The van der Waals surface area contributed by atoms with Gasteiger partial charge in [0.2, 0.25) is 5.82 Å². The number of hydrogen-bond donors (Lipinski definition) is 0. The molecule has 14 heteroatoms. The Morgan fingerprint density at radius 2 is 1.18 bits per heavy atom. The molecule has 162 valence electrons. The van der Waals surface area contributed by atoms with E-state index < -0.39 is 20.2 Å². The number of benzene rings is 2. The summed E-state index contributed by atoms with van der Waals surface area (Å²) in [5, 5.41) is 7.90. The molecule has 0 aliphatic heterocycles. The van der Waals surface area contributed by atoms with Crippen LogP contribution in [0.1, 0.15) is 0 Å². The fraction of sp³-hybridized carbons (Fsp3) is 0. The molecule has 2 aromatic heterocycles. The summed E-state index contributed by atoms with van der Waals surface area (Å²) in [5.74, 6) is 0.198. The van der Waals surface area contributed by atoms with Gasteiger partial charge < -0.3 is 9.11 Å². The Labute approximate surface area is 240 Å². The van der Waals surface area contributed by atoms with Crippen molar-refractivity contribution in [3.05, 3.63) is 73.1 Å². The largest absolute Gasteiger partial charge is 1.00 e. The zero-order chi connectivity index (χ0) is 22.9. The standard InChI is InChI=1S/C20H14N4O6S2.2Na/c25-31(26,27)16-5-1-13(2-6-16)15-9-10-21-18(11-15)20-23-19(12-22-24-20)14-3-7-17(8-4-14)32(28,29)30;;/h1-12H,(H,25,26,27)(H,28,29,30);;/q;2*+1/p-2. The number of hydrogen-bond acceptors (Lipinski definition) is 10. The molecule has 0 fully saturated rings. The monoisotopic (exact) mass is 514 g/mol. The van der Waals surface area contributed by atoms with Crippen LogP contribution in [0, 0.1) is 0 Å². The summed E-state index contributed by atoms with van der Waals surface area (Å²) in [6.07, 6.45) is 2.91. The molecule has 0 saturated carbocycles. The Bertz CT molecular complexity index is 1400. The van der Waals surface area contributed by atoms with Crippen LogP contribution in [0.25, 0.3) is 33.9 Å². The third kappa shape index (κ3) is 6.76. The first-order valence-electron chi connectivity index (χ1n) is 8.90. The van der Waals surface area contributed by atoms with Gasteiger partial charge in [-0.3, -0.25) is 4.98 Å². The van der Waals surface area contributed by atoms with Crippen molar-refractivity contribution in [1.29, 1.82) is 0 Å². The smallest absolute Gasteiger partial charge is 0.744 e. The normalized spacial score (nSPS) is 11.2. The van der Waals surface area contributed by atoms with E-state index in [1.807, 2.05) is 0 Å². The molecule has 0 saturated heterocycles. The molecule has 0 amide bonds. The molecule has 4 rings (SSSR count). The molecular formula is C20H12N4Na2O6S2. The number of pyridine rings is 1. The van der Waals surface area contributed by atoms with Crippen LogP contribution in [0.4, 0.5) is 0 Å². The summed E-state index contributed by atoms with van der Waals surface area (Å²) in [4.78, 5) is 7.96. The molecule has 34 heavy (non-hydrogen) atoms. The van der Waals surface area contributed by atoms with Gasteiger partial charge in [0.05, 0.1) is 21.7 Å². The Kier molecular flexibility index (Phi) is 9.64. The van der Waals surface area contributed by atoms with E-state index in [9.17, 15) is 25.9 Å². The fourth-order valence-corrected chi connectivity index (χ4v) is 3.83. The Morgan fingerprint density at radius 3 is 1.71 bits per heavy atom. The van der Waals surface area contributed by atoms with Gasteiger partial charge in [0.15, 0.2) is 0 Å². The maximum atomic E-state index is 11.1. The predicted octanol–water partition coefficient (Wildman–Crippen LogP) is -3.92. The SMILES string of the molecule is O=S(=O)([O-])c1ccc(-c2ccnc(-c3nncc(-c4ccc(S(=O)(=O)[O-])cc4)n3)c2)cc1.[Na+].[Na+]. The van der Waals surface area contributed by atoms with Gasteiger partial charge in [-0.15, -0.1) is 5.10 Å². The van der Waals surface area contributed by atoms with Gasteiger partial charge in [-0.05, 0) is 47.5 Å². The molecule has 2 heterocycles.